The van der Waals surface area contributed by atoms with Crippen molar-refractivity contribution in [1.29, 1.82) is 0 Å². The number of hydrogen-bond acceptors (Lipinski definition) is 6. The number of ether oxygens (including phenoxy) is 1. The molecule has 1 fully saturated rings. The molecule has 1 aliphatic rings. The van der Waals surface area contributed by atoms with E-state index in [0.717, 1.165) is 18.4 Å². The van der Waals surface area contributed by atoms with E-state index in [2.05, 4.69) is 10.3 Å². The Morgan fingerprint density at radius 2 is 2.08 bits per heavy atom. The van der Waals surface area contributed by atoms with Crippen molar-refractivity contribution in [1.82, 2.24) is 10.3 Å². The Morgan fingerprint density at radius 3 is 2.75 bits per heavy atom. The van der Waals surface area contributed by atoms with Crippen LogP contribution < -0.4 is 5.32 Å². The van der Waals surface area contributed by atoms with Crippen LogP contribution in [0, 0.1) is 5.41 Å². The first-order chi connectivity index (χ1) is 11.6. The van der Waals surface area contributed by atoms with Crippen LogP contribution in [0.5, 0.6) is 0 Å². The second kappa shape index (κ2) is 7.09. The SMILES string of the molecule is COC(=O)C1(CNC(=O)c2coc(SCc3ccccc3)n2)CC1. The molecule has 24 heavy (non-hydrogen) atoms. The van der Waals surface area contributed by atoms with Crippen LogP contribution in [-0.4, -0.2) is 30.5 Å². The van der Waals surface area contributed by atoms with Gasteiger partial charge in [-0.1, -0.05) is 42.1 Å². The van der Waals surface area contributed by atoms with Crippen molar-refractivity contribution >= 4 is 23.6 Å². The maximum absolute atomic E-state index is 12.1. The van der Waals surface area contributed by atoms with E-state index in [1.807, 2.05) is 30.3 Å². The van der Waals surface area contributed by atoms with Gasteiger partial charge in [-0.15, -0.1) is 0 Å². The van der Waals surface area contributed by atoms with E-state index in [-0.39, 0.29) is 24.1 Å². The van der Waals surface area contributed by atoms with E-state index >= 15 is 0 Å². The Labute approximate surface area is 144 Å². The second-order valence-electron chi connectivity index (χ2n) is 5.73. The molecule has 0 spiro atoms. The number of carbonyl (C=O) groups is 2. The van der Waals surface area contributed by atoms with Crippen LogP contribution in [0.1, 0.15) is 28.9 Å². The first kappa shape index (κ1) is 16.6. The number of aromatic nitrogens is 1. The van der Waals surface area contributed by atoms with E-state index in [1.165, 1.54) is 25.1 Å². The summed E-state index contributed by atoms with van der Waals surface area (Å²) in [5.74, 6) is 0.0935. The van der Waals surface area contributed by atoms with Gasteiger partial charge in [0.2, 0.25) is 0 Å². The number of nitrogens with one attached hydrogen (secondary N) is 1. The predicted molar refractivity (Wildman–Crippen MR) is 88.5 cm³/mol. The third-order valence-corrected chi connectivity index (χ3v) is 4.89. The first-order valence-corrected chi connectivity index (χ1v) is 8.60. The van der Waals surface area contributed by atoms with Gasteiger partial charge < -0.3 is 14.5 Å². The summed E-state index contributed by atoms with van der Waals surface area (Å²) in [7, 11) is 1.36. The molecule has 1 heterocycles. The van der Waals surface area contributed by atoms with Crippen molar-refractivity contribution < 1.29 is 18.7 Å². The zero-order chi connectivity index (χ0) is 17.0. The number of esters is 1. The average molecular weight is 346 g/mol. The molecule has 3 rings (SSSR count). The second-order valence-corrected chi connectivity index (χ2v) is 6.65. The van der Waals surface area contributed by atoms with Gasteiger partial charge in [-0.3, -0.25) is 9.59 Å². The quantitative estimate of drug-likeness (QED) is 0.613. The molecule has 1 N–H and O–H groups in total. The Bertz CT molecular complexity index is 725. The van der Waals surface area contributed by atoms with Crippen LogP contribution in [0.3, 0.4) is 0 Å². The molecule has 6 nitrogen and oxygen atoms in total. The lowest BCUT2D eigenvalue weighted by Gasteiger charge is -2.12. The highest BCUT2D eigenvalue weighted by molar-refractivity contribution is 7.98. The summed E-state index contributed by atoms with van der Waals surface area (Å²) in [6, 6.07) is 9.94. The van der Waals surface area contributed by atoms with Gasteiger partial charge in [0.1, 0.15) is 6.26 Å². The summed E-state index contributed by atoms with van der Waals surface area (Å²) in [4.78, 5) is 28.0. The fourth-order valence-electron chi connectivity index (χ4n) is 2.31. The molecule has 1 aromatic heterocycles. The van der Waals surface area contributed by atoms with Gasteiger partial charge in [-0.05, 0) is 18.4 Å². The molecule has 7 heteroatoms. The van der Waals surface area contributed by atoms with Crippen molar-refractivity contribution in [2.24, 2.45) is 5.41 Å². The molecule has 2 aromatic rings. The summed E-state index contributed by atoms with van der Waals surface area (Å²) in [6.45, 7) is 0.262. The highest BCUT2D eigenvalue weighted by atomic mass is 32.2. The Morgan fingerprint density at radius 1 is 1.33 bits per heavy atom. The molecule has 0 saturated heterocycles. The summed E-state index contributed by atoms with van der Waals surface area (Å²) >= 11 is 1.42. The molecule has 1 saturated carbocycles. The average Bonchev–Trinajstić information content (AvgIpc) is 3.27. The Kier molecular flexibility index (Phi) is 4.89. The van der Waals surface area contributed by atoms with Crippen molar-refractivity contribution in [3.63, 3.8) is 0 Å². The molecule has 1 aliphatic carbocycles. The molecule has 0 unspecified atom stereocenters. The number of methoxy groups -OCH3 is 1. The number of thioether (sulfide) groups is 1. The lowest BCUT2D eigenvalue weighted by molar-refractivity contribution is -0.146. The zero-order valence-corrected chi connectivity index (χ0v) is 14.1. The number of carbonyl (C=O) groups excluding carboxylic acids is 2. The molecule has 126 valence electrons. The molecule has 0 bridgehead atoms. The minimum absolute atomic E-state index is 0.214. The monoisotopic (exact) mass is 346 g/mol. The van der Waals surface area contributed by atoms with E-state index in [9.17, 15) is 9.59 Å². The van der Waals surface area contributed by atoms with Crippen molar-refractivity contribution in [3.8, 4) is 0 Å². The van der Waals surface area contributed by atoms with E-state index in [4.69, 9.17) is 9.15 Å². The molecule has 0 atom stereocenters. The molecule has 1 amide bonds. The fourth-order valence-corrected chi connectivity index (χ4v) is 3.07. The third-order valence-electron chi connectivity index (χ3n) is 3.98. The van der Waals surface area contributed by atoms with Gasteiger partial charge in [0.05, 0.1) is 12.5 Å². The van der Waals surface area contributed by atoms with Crippen molar-refractivity contribution in [2.45, 2.75) is 23.8 Å². The van der Waals surface area contributed by atoms with Crippen LogP contribution in [0.15, 0.2) is 46.2 Å². The summed E-state index contributed by atoms with van der Waals surface area (Å²) in [5, 5.41) is 3.18. The van der Waals surface area contributed by atoms with Gasteiger partial charge in [0, 0.05) is 12.3 Å². The Balaban J connectivity index is 1.51. The number of hydrogen-bond donors (Lipinski definition) is 1. The smallest absolute Gasteiger partial charge is 0.313 e. The highest BCUT2D eigenvalue weighted by Crippen LogP contribution is 2.46. The third kappa shape index (κ3) is 3.79. The number of rotatable bonds is 7. The number of amides is 1. The standard InChI is InChI=1S/C17H18N2O4S/c1-22-15(21)17(7-8-17)11-18-14(20)13-9-23-16(19-13)24-10-12-5-3-2-4-6-12/h2-6,9H,7-8,10-11H2,1H3,(H,18,20). The van der Waals surface area contributed by atoms with Crippen LogP contribution in [0.4, 0.5) is 0 Å². The molecular weight excluding hydrogens is 328 g/mol. The largest absolute Gasteiger partial charge is 0.469 e. The predicted octanol–water partition coefficient (Wildman–Crippen LogP) is 2.65. The highest BCUT2D eigenvalue weighted by Gasteiger charge is 2.51. The summed E-state index contributed by atoms with van der Waals surface area (Å²) in [5.41, 5.74) is 0.811. The topological polar surface area (TPSA) is 81.4 Å². The lowest BCUT2D eigenvalue weighted by atomic mass is 10.1. The van der Waals surface area contributed by atoms with Crippen LogP contribution in [0.2, 0.25) is 0 Å². The zero-order valence-electron chi connectivity index (χ0n) is 13.3. The van der Waals surface area contributed by atoms with Gasteiger partial charge in [0.15, 0.2) is 5.69 Å². The van der Waals surface area contributed by atoms with Crippen LogP contribution in [0.25, 0.3) is 0 Å². The maximum Gasteiger partial charge on any atom is 0.313 e. The summed E-state index contributed by atoms with van der Waals surface area (Å²) in [6.07, 6.45) is 2.80. The number of oxazole rings is 1. The van der Waals surface area contributed by atoms with E-state index < -0.39 is 5.41 Å². The molecular formula is C17H18N2O4S. The first-order valence-electron chi connectivity index (χ1n) is 7.62. The molecule has 0 aliphatic heterocycles. The van der Waals surface area contributed by atoms with E-state index in [1.54, 1.807) is 0 Å². The van der Waals surface area contributed by atoms with Gasteiger partial charge in [-0.25, -0.2) is 0 Å². The number of nitrogens with zero attached hydrogens (tertiary/aromatic N) is 1. The normalized spacial score (nSPS) is 14.9. The maximum atomic E-state index is 12.1. The molecule has 1 aromatic carbocycles. The van der Waals surface area contributed by atoms with E-state index in [0.29, 0.717) is 11.0 Å². The van der Waals surface area contributed by atoms with Crippen LogP contribution >= 0.6 is 11.8 Å². The van der Waals surface area contributed by atoms with Crippen LogP contribution in [-0.2, 0) is 15.3 Å². The fraction of sp³-hybridized carbons (Fsp3) is 0.353. The van der Waals surface area contributed by atoms with Crippen molar-refractivity contribution in [2.75, 3.05) is 13.7 Å². The molecule has 0 radical (unpaired) electrons. The Hall–Kier alpha value is -2.28. The van der Waals surface area contributed by atoms with Gasteiger partial charge >= 0.3 is 5.97 Å². The minimum Gasteiger partial charge on any atom is -0.469 e. The number of benzene rings is 1. The van der Waals surface area contributed by atoms with Gasteiger partial charge in [0.25, 0.3) is 11.1 Å². The van der Waals surface area contributed by atoms with Crippen molar-refractivity contribution in [3.05, 3.63) is 47.9 Å². The summed E-state index contributed by atoms with van der Waals surface area (Å²) < 4.78 is 10.1. The lowest BCUT2D eigenvalue weighted by Crippen LogP contribution is -2.35. The minimum atomic E-state index is -0.557. The van der Waals surface area contributed by atoms with Gasteiger partial charge in [-0.2, -0.15) is 4.98 Å².